The summed E-state index contributed by atoms with van der Waals surface area (Å²) in [6.45, 7) is 1.19. The van der Waals surface area contributed by atoms with E-state index in [4.69, 9.17) is 23.7 Å². The van der Waals surface area contributed by atoms with Crippen molar-refractivity contribution >= 4 is 18.0 Å². The molecule has 0 saturated carbocycles. The summed E-state index contributed by atoms with van der Waals surface area (Å²) in [5, 5.41) is 0. The summed E-state index contributed by atoms with van der Waals surface area (Å²) >= 11 is 0. The molecule has 2 heterocycles. The fourth-order valence-electron chi connectivity index (χ4n) is 2.32. The number of carbonyl (C=O) groups excluding carboxylic acids is 2. The lowest BCUT2D eigenvalue weighted by Crippen LogP contribution is -2.21. The number of carbonyl (C=O) groups is 2. The third-order valence-corrected chi connectivity index (χ3v) is 3.41. The van der Waals surface area contributed by atoms with Crippen LogP contribution in [0.3, 0.4) is 0 Å². The first kappa shape index (κ1) is 15.2. The van der Waals surface area contributed by atoms with Gasteiger partial charge in [-0.25, -0.2) is 9.59 Å². The van der Waals surface area contributed by atoms with Crippen molar-refractivity contribution < 1.29 is 33.3 Å². The van der Waals surface area contributed by atoms with E-state index >= 15 is 0 Å². The number of fused-ring (bicyclic) bond motifs is 1. The van der Waals surface area contributed by atoms with Crippen LogP contribution >= 0.6 is 0 Å². The van der Waals surface area contributed by atoms with Gasteiger partial charge in [0, 0.05) is 12.5 Å². The molecule has 0 amide bonds. The lowest BCUT2D eigenvalue weighted by atomic mass is 10.1. The molecule has 7 heteroatoms. The molecular formula is C16H16O7. The Kier molecular flexibility index (Phi) is 4.36. The summed E-state index contributed by atoms with van der Waals surface area (Å²) in [7, 11) is 1.53. The third-order valence-electron chi connectivity index (χ3n) is 3.41. The van der Waals surface area contributed by atoms with E-state index in [-0.39, 0.29) is 6.61 Å². The van der Waals surface area contributed by atoms with Gasteiger partial charge in [0.2, 0.25) is 11.9 Å². The molecular weight excluding hydrogens is 304 g/mol. The molecule has 0 bridgehead atoms. The van der Waals surface area contributed by atoms with Crippen molar-refractivity contribution in [3.05, 3.63) is 23.8 Å². The van der Waals surface area contributed by atoms with Gasteiger partial charge in [0.25, 0.3) is 0 Å². The van der Waals surface area contributed by atoms with Gasteiger partial charge in [-0.1, -0.05) is 0 Å². The van der Waals surface area contributed by atoms with Gasteiger partial charge in [0.1, 0.15) is 13.2 Å². The number of hydrogen-bond acceptors (Lipinski definition) is 7. The molecule has 0 aromatic heterocycles. The highest BCUT2D eigenvalue weighted by Crippen LogP contribution is 2.40. The highest BCUT2D eigenvalue weighted by molar-refractivity contribution is 5.90. The van der Waals surface area contributed by atoms with Gasteiger partial charge in [-0.05, 0) is 23.8 Å². The Hall–Kier alpha value is -2.70. The van der Waals surface area contributed by atoms with E-state index in [2.05, 4.69) is 0 Å². The molecule has 1 fully saturated rings. The van der Waals surface area contributed by atoms with Crippen LogP contribution in [-0.2, 0) is 19.1 Å². The SMILES string of the molecule is COc1cc(/C=C/C(=O)O[C@H]2CCOC2=O)cc2c1OCCO2. The van der Waals surface area contributed by atoms with Crippen LogP contribution in [0.1, 0.15) is 12.0 Å². The van der Waals surface area contributed by atoms with E-state index in [0.717, 1.165) is 0 Å². The third kappa shape index (κ3) is 3.39. The van der Waals surface area contributed by atoms with Gasteiger partial charge in [-0.3, -0.25) is 0 Å². The molecule has 2 aliphatic rings. The first-order valence-corrected chi connectivity index (χ1v) is 7.20. The van der Waals surface area contributed by atoms with Gasteiger partial charge < -0.3 is 23.7 Å². The van der Waals surface area contributed by atoms with Gasteiger partial charge in [-0.2, -0.15) is 0 Å². The zero-order valence-electron chi connectivity index (χ0n) is 12.6. The average Bonchev–Trinajstić information content (AvgIpc) is 2.97. The maximum absolute atomic E-state index is 11.8. The van der Waals surface area contributed by atoms with E-state index in [1.54, 1.807) is 18.2 Å². The van der Waals surface area contributed by atoms with Crippen LogP contribution in [0.5, 0.6) is 17.2 Å². The minimum absolute atomic E-state index is 0.278. The summed E-state index contributed by atoms with van der Waals surface area (Å²) in [6, 6.07) is 3.46. The Morgan fingerprint density at radius 1 is 1.22 bits per heavy atom. The van der Waals surface area contributed by atoms with Crippen LogP contribution in [0.4, 0.5) is 0 Å². The molecule has 1 saturated heterocycles. The van der Waals surface area contributed by atoms with Crippen molar-refractivity contribution in [2.45, 2.75) is 12.5 Å². The van der Waals surface area contributed by atoms with Crippen molar-refractivity contribution in [3.8, 4) is 17.2 Å². The van der Waals surface area contributed by atoms with E-state index < -0.39 is 18.0 Å². The zero-order valence-corrected chi connectivity index (χ0v) is 12.6. The molecule has 0 radical (unpaired) electrons. The molecule has 7 nitrogen and oxygen atoms in total. The first-order chi connectivity index (χ1) is 11.2. The van der Waals surface area contributed by atoms with Crippen LogP contribution in [0.15, 0.2) is 18.2 Å². The Morgan fingerprint density at radius 3 is 2.78 bits per heavy atom. The van der Waals surface area contributed by atoms with Crippen LogP contribution in [0, 0.1) is 0 Å². The average molecular weight is 320 g/mol. The Labute approximate surface area is 132 Å². The fraction of sp³-hybridized carbons (Fsp3) is 0.375. The molecule has 3 rings (SSSR count). The quantitative estimate of drug-likeness (QED) is 0.611. The Balaban J connectivity index is 1.71. The number of ether oxygens (including phenoxy) is 5. The molecule has 0 N–H and O–H groups in total. The second-order valence-corrected chi connectivity index (χ2v) is 4.96. The van der Waals surface area contributed by atoms with E-state index in [9.17, 15) is 9.59 Å². The van der Waals surface area contributed by atoms with Crippen molar-refractivity contribution in [1.82, 2.24) is 0 Å². The van der Waals surface area contributed by atoms with Crippen LogP contribution in [0.2, 0.25) is 0 Å². The number of benzene rings is 1. The van der Waals surface area contributed by atoms with Crippen LogP contribution < -0.4 is 14.2 Å². The van der Waals surface area contributed by atoms with Crippen molar-refractivity contribution in [3.63, 3.8) is 0 Å². The smallest absolute Gasteiger partial charge is 0.347 e. The minimum atomic E-state index is -0.818. The Morgan fingerprint density at radius 2 is 2.04 bits per heavy atom. The molecule has 0 spiro atoms. The largest absolute Gasteiger partial charge is 0.493 e. The molecule has 0 unspecified atom stereocenters. The van der Waals surface area contributed by atoms with E-state index in [1.807, 2.05) is 0 Å². The second-order valence-electron chi connectivity index (χ2n) is 4.96. The predicted octanol–water partition coefficient (Wildman–Crippen LogP) is 1.34. The lowest BCUT2D eigenvalue weighted by molar-refractivity contribution is -0.156. The highest BCUT2D eigenvalue weighted by atomic mass is 16.6. The van der Waals surface area contributed by atoms with Gasteiger partial charge in [-0.15, -0.1) is 0 Å². The molecule has 122 valence electrons. The minimum Gasteiger partial charge on any atom is -0.493 e. The molecule has 23 heavy (non-hydrogen) atoms. The maximum atomic E-state index is 11.8. The molecule has 1 atom stereocenters. The Bertz CT molecular complexity index is 633. The van der Waals surface area contributed by atoms with Crippen molar-refractivity contribution in [2.75, 3.05) is 26.9 Å². The normalized spacial score (nSPS) is 19.5. The fourth-order valence-corrected chi connectivity index (χ4v) is 2.32. The van der Waals surface area contributed by atoms with Crippen LogP contribution in [0.25, 0.3) is 6.08 Å². The van der Waals surface area contributed by atoms with E-state index in [1.165, 1.54) is 13.2 Å². The summed E-state index contributed by atoms with van der Waals surface area (Å²) in [6.07, 6.45) is 2.37. The lowest BCUT2D eigenvalue weighted by Gasteiger charge is -2.20. The van der Waals surface area contributed by atoms with Crippen LogP contribution in [-0.4, -0.2) is 45.0 Å². The summed E-state index contributed by atoms with van der Waals surface area (Å²) < 4.78 is 26.1. The monoisotopic (exact) mass is 320 g/mol. The number of methoxy groups -OCH3 is 1. The zero-order chi connectivity index (χ0) is 16.2. The maximum Gasteiger partial charge on any atom is 0.347 e. The van der Waals surface area contributed by atoms with Crippen molar-refractivity contribution in [1.29, 1.82) is 0 Å². The molecule has 1 aromatic rings. The van der Waals surface area contributed by atoms with Gasteiger partial charge >= 0.3 is 11.9 Å². The summed E-state index contributed by atoms with van der Waals surface area (Å²) in [5.74, 6) is 0.514. The van der Waals surface area contributed by atoms with Crippen molar-refractivity contribution in [2.24, 2.45) is 0 Å². The first-order valence-electron chi connectivity index (χ1n) is 7.20. The molecule has 0 aliphatic carbocycles. The highest BCUT2D eigenvalue weighted by Gasteiger charge is 2.29. The summed E-state index contributed by atoms with van der Waals surface area (Å²) in [4.78, 5) is 23.0. The standard InChI is InChI=1S/C16H16O7/c1-19-12-8-10(9-13-15(12)21-7-6-20-13)2-3-14(17)23-11-4-5-22-16(11)18/h2-3,8-9,11H,4-7H2,1H3/b3-2+/t11-/m0/s1. The number of rotatable bonds is 4. The molecule has 1 aromatic carbocycles. The topological polar surface area (TPSA) is 80.3 Å². The second kappa shape index (κ2) is 6.60. The number of esters is 2. The predicted molar refractivity (Wildman–Crippen MR) is 78.5 cm³/mol. The number of cyclic esters (lactones) is 1. The van der Waals surface area contributed by atoms with Gasteiger partial charge in [0.15, 0.2) is 11.5 Å². The number of hydrogen-bond donors (Lipinski definition) is 0. The molecule has 2 aliphatic heterocycles. The summed E-state index contributed by atoms with van der Waals surface area (Å²) in [5.41, 5.74) is 0.692. The van der Waals surface area contributed by atoms with Gasteiger partial charge in [0.05, 0.1) is 13.7 Å². The van der Waals surface area contributed by atoms with E-state index in [0.29, 0.717) is 42.4 Å².